The van der Waals surface area contributed by atoms with E-state index in [0.29, 0.717) is 33.9 Å². The maximum atomic E-state index is 13.3. The Balaban J connectivity index is 1.31. The van der Waals surface area contributed by atoms with E-state index in [-0.39, 0.29) is 42.6 Å². The number of carbonyl (C=O) groups is 2. The van der Waals surface area contributed by atoms with Crippen LogP contribution in [0.5, 0.6) is 0 Å². The largest absolute Gasteiger partial charge is 0.377 e. The lowest BCUT2D eigenvalue weighted by Gasteiger charge is -2.27. The van der Waals surface area contributed by atoms with Crippen molar-refractivity contribution in [3.8, 4) is 0 Å². The summed E-state index contributed by atoms with van der Waals surface area (Å²) in [4.78, 5) is 44.3. The highest BCUT2D eigenvalue weighted by Gasteiger charge is 2.26. The predicted octanol–water partition coefficient (Wildman–Crippen LogP) is 3.10. The third-order valence-electron chi connectivity index (χ3n) is 6.25. The fraction of sp³-hybridized carbons (Fsp3) is 0.417. The Bertz CT molecular complexity index is 1310. The lowest BCUT2D eigenvalue weighted by Crippen LogP contribution is -2.34. The number of benzene rings is 1. The number of nitrogens with one attached hydrogen (secondary N) is 3. The molecular formula is C24H26ClFN4O5S. The van der Waals surface area contributed by atoms with Crippen molar-refractivity contribution in [3.05, 3.63) is 61.7 Å². The van der Waals surface area contributed by atoms with E-state index < -0.39 is 17.3 Å². The molecule has 2 amide bonds. The van der Waals surface area contributed by atoms with Crippen molar-refractivity contribution in [3.63, 3.8) is 0 Å². The van der Waals surface area contributed by atoms with Gasteiger partial charge in [-0.3, -0.25) is 14.4 Å². The van der Waals surface area contributed by atoms with E-state index in [1.54, 1.807) is 5.38 Å². The van der Waals surface area contributed by atoms with Crippen molar-refractivity contribution in [2.24, 2.45) is 11.8 Å². The van der Waals surface area contributed by atoms with Gasteiger partial charge in [0.05, 0.1) is 17.0 Å². The summed E-state index contributed by atoms with van der Waals surface area (Å²) in [5.74, 6) is -1.08. The monoisotopic (exact) mass is 536 g/mol. The zero-order valence-electron chi connectivity index (χ0n) is 19.3. The topological polar surface area (TPSA) is 133 Å². The first-order valence-corrected chi connectivity index (χ1v) is 12.8. The second kappa shape index (κ2) is 11.9. The number of thiophene rings is 1. The van der Waals surface area contributed by atoms with Crippen LogP contribution < -0.4 is 16.2 Å². The highest BCUT2D eigenvalue weighted by atomic mass is 35.5. The van der Waals surface area contributed by atoms with Crippen molar-refractivity contribution in [1.29, 1.82) is 0 Å². The molecule has 192 valence electrons. The standard InChI is InChI=1S/C24H26ClFN4O5S/c25-17-7-14(3-6-18(17)26)8-27-23(34)20-29-22(33)19-16(11-36-24(19)30-20)10-35-9-13-1-4-15(5-2-13)21(32)28-12-31/h3,6-7,11,13,15,31H,1-2,4-5,8-10,12H2,(H,27,34)(H,28,32)(H,29,30,33). The van der Waals surface area contributed by atoms with Crippen LogP contribution in [0, 0.1) is 17.7 Å². The Hall–Kier alpha value is -2.86. The predicted molar refractivity (Wildman–Crippen MR) is 133 cm³/mol. The summed E-state index contributed by atoms with van der Waals surface area (Å²) in [5, 5.41) is 16.1. The molecule has 2 aromatic heterocycles. The molecule has 2 heterocycles. The van der Waals surface area contributed by atoms with Crippen LogP contribution in [0.2, 0.25) is 5.02 Å². The fourth-order valence-electron chi connectivity index (χ4n) is 4.29. The van der Waals surface area contributed by atoms with E-state index in [1.807, 2.05) is 0 Å². The van der Waals surface area contributed by atoms with E-state index in [2.05, 4.69) is 20.6 Å². The molecule has 1 aliphatic carbocycles. The Kier molecular flexibility index (Phi) is 8.68. The lowest BCUT2D eigenvalue weighted by atomic mass is 9.82. The quantitative estimate of drug-likeness (QED) is 0.311. The number of carbonyl (C=O) groups excluding carboxylic acids is 2. The molecule has 0 radical (unpaired) electrons. The SMILES string of the molecule is O=C(NCc1ccc(F)c(Cl)c1)c1nc2scc(COCC3CCC(C(=O)NCO)CC3)c2c(=O)[nH]1. The number of H-pyrrole nitrogens is 1. The number of nitrogens with zero attached hydrogens (tertiary/aromatic N) is 1. The molecule has 1 aliphatic rings. The number of amides is 2. The Labute approximate surface area is 215 Å². The number of aliphatic hydroxyl groups is 1. The number of halogens is 2. The van der Waals surface area contributed by atoms with Crippen LogP contribution in [0.1, 0.15) is 47.4 Å². The zero-order chi connectivity index (χ0) is 25.7. The number of rotatable bonds is 9. The highest BCUT2D eigenvalue weighted by molar-refractivity contribution is 7.16. The molecule has 12 heteroatoms. The fourth-order valence-corrected chi connectivity index (χ4v) is 5.41. The number of aliphatic hydroxyl groups excluding tert-OH is 1. The molecule has 4 rings (SSSR count). The first-order chi connectivity index (χ1) is 17.4. The van der Waals surface area contributed by atoms with Gasteiger partial charge < -0.3 is 25.5 Å². The summed E-state index contributed by atoms with van der Waals surface area (Å²) in [6.07, 6.45) is 3.23. The van der Waals surface area contributed by atoms with Gasteiger partial charge in [0.15, 0.2) is 0 Å². The molecule has 1 saturated carbocycles. The molecule has 0 atom stereocenters. The van der Waals surface area contributed by atoms with Crippen LogP contribution in [-0.4, -0.2) is 40.2 Å². The molecule has 0 aliphatic heterocycles. The third kappa shape index (κ3) is 6.28. The number of fused-ring (bicyclic) bond motifs is 1. The van der Waals surface area contributed by atoms with Gasteiger partial charge in [-0.2, -0.15) is 0 Å². The van der Waals surface area contributed by atoms with Crippen molar-refractivity contribution in [2.75, 3.05) is 13.3 Å². The normalized spacial score (nSPS) is 17.8. The molecule has 3 aromatic rings. The summed E-state index contributed by atoms with van der Waals surface area (Å²) in [7, 11) is 0. The summed E-state index contributed by atoms with van der Waals surface area (Å²) in [6, 6.07) is 4.14. The number of aromatic amines is 1. The van der Waals surface area contributed by atoms with E-state index in [9.17, 15) is 18.8 Å². The summed E-state index contributed by atoms with van der Waals surface area (Å²) in [6.45, 7) is 0.511. The van der Waals surface area contributed by atoms with Gasteiger partial charge in [-0.1, -0.05) is 17.7 Å². The first-order valence-electron chi connectivity index (χ1n) is 11.5. The number of aromatic nitrogens is 2. The molecule has 0 saturated heterocycles. The molecule has 0 bridgehead atoms. The van der Waals surface area contributed by atoms with Crippen LogP contribution in [0.15, 0.2) is 28.4 Å². The van der Waals surface area contributed by atoms with Crippen LogP contribution in [-0.2, 0) is 22.7 Å². The van der Waals surface area contributed by atoms with Gasteiger partial charge in [0.25, 0.3) is 11.5 Å². The average Bonchev–Trinajstić information content (AvgIpc) is 3.28. The highest BCUT2D eigenvalue weighted by Crippen LogP contribution is 2.30. The van der Waals surface area contributed by atoms with Gasteiger partial charge in [-0.05, 0) is 54.7 Å². The molecule has 1 fully saturated rings. The maximum Gasteiger partial charge on any atom is 0.287 e. The minimum atomic E-state index is -0.566. The minimum absolute atomic E-state index is 0.0406. The molecule has 0 spiro atoms. The van der Waals surface area contributed by atoms with Crippen LogP contribution >= 0.6 is 22.9 Å². The maximum absolute atomic E-state index is 13.3. The van der Waals surface area contributed by atoms with Crippen LogP contribution in [0.3, 0.4) is 0 Å². The van der Waals surface area contributed by atoms with Crippen molar-refractivity contribution in [1.82, 2.24) is 20.6 Å². The van der Waals surface area contributed by atoms with Gasteiger partial charge in [-0.25, -0.2) is 9.37 Å². The van der Waals surface area contributed by atoms with Crippen LogP contribution in [0.25, 0.3) is 10.2 Å². The second-order valence-corrected chi connectivity index (χ2v) is 9.98. The third-order valence-corrected chi connectivity index (χ3v) is 7.46. The van der Waals surface area contributed by atoms with Gasteiger partial charge in [0.1, 0.15) is 17.4 Å². The Morgan fingerprint density at radius 3 is 2.75 bits per heavy atom. The Morgan fingerprint density at radius 1 is 1.25 bits per heavy atom. The molecule has 9 nitrogen and oxygen atoms in total. The number of hydrogen-bond donors (Lipinski definition) is 4. The summed E-state index contributed by atoms with van der Waals surface area (Å²) in [5.41, 5.74) is 0.883. The van der Waals surface area contributed by atoms with Gasteiger partial charge in [0.2, 0.25) is 11.7 Å². The molecule has 0 unspecified atom stereocenters. The van der Waals surface area contributed by atoms with Gasteiger partial charge in [-0.15, -0.1) is 11.3 Å². The number of hydrogen-bond acceptors (Lipinski definition) is 7. The van der Waals surface area contributed by atoms with E-state index in [1.165, 1.54) is 29.5 Å². The zero-order valence-corrected chi connectivity index (χ0v) is 20.9. The van der Waals surface area contributed by atoms with E-state index in [0.717, 1.165) is 25.7 Å². The smallest absolute Gasteiger partial charge is 0.287 e. The Morgan fingerprint density at radius 2 is 2.03 bits per heavy atom. The molecular weight excluding hydrogens is 511 g/mol. The minimum Gasteiger partial charge on any atom is -0.377 e. The van der Waals surface area contributed by atoms with Crippen LogP contribution in [0.4, 0.5) is 4.39 Å². The average molecular weight is 537 g/mol. The molecule has 36 heavy (non-hydrogen) atoms. The first kappa shape index (κ1) is 26.2. The van der Waals surface area contributed by atoms with Crippen molar-refractivity contribution < 1.29 is 23.8 Å². The van der Waals surface area contributed by atoms with Gasteiger partial charge in [0, 0.05) is 24.6 Å². The van der Waals surface area contributed by atoms with Crippen molar-refractivity contribution >= 4 is 45.0 Å². The van der Waals surface area contributed by atoms with E-state index >= 15 is 0 Å². The lowest BCUT2D eigenvalue weighted by molar-refractivity contribution is -0.127. The summed E-state index contributed by atoms with van der Waals surface area (Å²) < 4.78 is 19.2. The molecule has 1 aromatic carbocycles. The summed E-state index contributed by atoms with van der Waals surface area (Å²) >= 11 is 7.02. The van der Waals surface area contributed by atoms with Crippen molar-refractivity contribution in [2.45, 2.75) is 38.8 Å². The molecule has 4 N–H and O–H groups in total. The number of ether oxygens (including phenoxy) is 1. The van der Waals surface area contributed by atoms with E-state index in [4.69, 9.17) is 21.4 Å². The second-order valence-electron chi connectivity index (χ2n) is 8.72. The van der Waals surface area contributed by atoms with Gasteiger partial charge >= 0.3 is 0 Å².